The zero-order valence-electron chi connectivity index (χ0n) is 11.2. The SMILES string of the molecule is CCC(NC1CCOC(C)C1)c1ccccc1F. The van der Waals surface area contributed by atoms with Gasteiger partial charge in [-0.2, -0.15) is 0 Å². The van der Waals surface area contributed by atoms with Crippen molar-refractivity contribution in [2.75, 3.05) is 6.61 Å². The van der Waals surface area contributed by atoms with Crippen LogP contribution in [0.3, 0.4) is 0 Å². The molecule has 1 heterocycles. The summed E-state index contributed by atoms with van der Waals surface area (Å²) in [5.41, 5.74) is 0.777. The van der Waals surface area contributed by atoms with Crippen LogP contribution in [0.5, 0.6) is 0 Å². The Morgan fingerprint density at radius 2 is 2.22 bits per heavy atom. The fourth-order valence-electron chi connectivity index (χ4n) is 2.62. The van der Waals surface area contributed by atoms with Gasteiger partial charge in [0.15, 0.2) is 0 Å². The molecule has 3 atom stereocenters. The van der Waals surface area contributed by atoms with E-state index in [2.05, 4.69) is 19.2 Å². The Kier molecular flexibility index (Phi) is 4.72. The van der Waals surface area contributed by atoms with Crippen LogP contribution < -0.4 is 5.32 Å². The normalized spacial score (nSPS) is 25.9. The van der Waals surface area contributed by atoms with E-state index in [-0.39, 0.29) is 11.9 Å². The summed E-state index contributed by atoms with van der Waals surface area (Å²) in [5, 5.41) is 3.57. The maximum Gasteiger partial charge on any atom is 0.127 e. The van der Waals surface area contributed by atoms with Crippen molar-refractivity contribution >= 4 is 0 Å². The summed E-state index contributed by atoms with van der Waals surface area (Å²) in [4.78, 5) is 0. The van der Waals surface area contributed by atoms with Gasteiger partial charge in [-0.3, -0.25) is 0 Å². The molecule has 100 valence electrons. The molecule has 0 amide bonds. The van der Waals surface area contributed by atoms with Gasteiger partial charge in [-0.25, -0.2) is 4.39 Å². The lowest BCUT2D eigenvalue weighted by Crippen LogP contribution is -2.40. The molecule has 1 aromatic carbocycles. The van der Waals surface area contributed by atoms with Crippen molar-refractivity contribution in [1.82, 2.24) is 5.32 Å². The molecule has 0 spiro atoms. The van der Waals surface area contributed by atoms with Crippen molar-refractivity contribution in [2.24, 2.45) is 0 Å². The second-order valence-corrected chi connectivity index (χ2v) is 5.05. The molecule has 1 fully saturated rings. The van der Waals surface area contributed by atoms with Crippen LogP contribution in [0.2, 0.25) is 0 Å². The van der Waals surface area contributed by atoms with Gasteiger partial charge in [0.25, 0.3) is 0 Å². The first kappa shape index (κ1) is 13.5. The number of ether oxygens (including phenoxy) is 1. The van der Waals surface area contributed by atoms with E-state index in [9.17, 15) is 4.39 Å². The number of hydrogen-bond acceptors (Lipinski definition) is 2. The van der Waals surface area contributed by atoms with Gasteiger partial charge in [0.1, 0.15) is 5.82 Å². The Labute approximate surface area is 109 Å². The van der Waals surface area contributed by atoms with Crippen molar-refractivity contribution in [3.63, 3.8) is 0 Å². The summed E-state index contributed by atoms with van der Waals surface area (Å²) in [6.07, 6.45) is 3.21. The second kappa shape index (κ2) is 6.30. The molecular formula is C15H22FNO. The first-order valence-electron chi connectivity index (χ1n) is 6.82. The summed E-state index contributed by atoms with van der Waals surface area (Å²) in [6.45, 7) is 4.98. The van der Waals surface area contributed by atoms with Crippen LogP contribution in [0.15, 0.2) is 24.3 Å². The largest absolute Gasteiger partial charge is 0.378 e. The summed E-state index contributed by atoms with van der Waals surface area (Å²) >= 11 is 0. The quantitative estimate of drug-likeness (QED) is 0.885. The molecule has 1 aromatic rings. The van der Waals surface area contributed by atoms with Gasteiger partial charge in [-0.15, -0.1) is 0 Å². The van der Waals surface area contributed by atoms with Gasteiger partial charge in [0.2, 0.25) is 0 Å². The molecule has 0 aliphatic carbocycles. The molecule has 0 saturated carbocycles. The van der Waals surface area contributed by atoms with E-state index in [0.717, 1.165) is 31.4 Å². The molecular weight excluding hydrogens is 229 g/mol. The third-order valence-corrected chi connectivity index (χ3v) is 3.61. The Morgan fingerprint density at radius 1 is 1.44 bits per heavy atom. The van der Waals surface area contributed by atoms with Gasteiger partial charge in [-0.05, 0) is 32.3 Å². The zero-order chi connectivity index (χ0) is 13.0. The van der Waals surface area contributed by atoms with Crippen LogP contribution in [-0.2, 0) is 4.74 Å². The van der Waals surface area contributed by atoms with E-state index in [1.54, 1.807) is 6.07 Å². The average molecular weight is 251 g/mol. The molecule has 1 saturated heterocycles. The smallest absolute Gasteiger partial charge is 0.127 e. The molecule has 18 heavy (non-hydrogen) atoms. The lowest BCUT2D eigenvalue weighted by molar-refractivity contribution is 0.0110. The highest BCUT2D eigenvalue weighted by Gasteiger charge is 2.23. The van der Waals surface area contributed by atoms with Crippen LogP contribution in [0.1, 0.15) is 44.7 Å². The van der Waals surface area contributed by atoms with Crippen LogP contribution in [-0.4, -0.2) is 18.8 Å². The minimum Gasteiger partial charge on any atom is -0.378 e. The Balaban J connectivity index is 2.03. The van der Waals surface area contributed by atoms with Gasteiger partial charge in [0, 0.05) is 24.3 Å². The minimum absolute atomic E-state index is 0.0986. The van der Waals surface area contributed by atoms with Crippen molar-refractivity contribution in [1.29, 1.82) is 0 Å². The van der Waals surface area contributed by atoms with E-state index >= 15 is 0 Å². The first-order chi connectivity index (χ1) is 8.70. The predicted octanol–water partition coefficient (Wildman–Crippen LogP) is 3.43. The van der Waals surface area contributed by atoms with Crippen LogP contribution >= 0.6 is 0 Å². The third-order valence-electron chi connectivity index (χ3n) is 3.61. The van der Waals surface area contributed by atoms with Crippen molar-refractivity contribution in [3.05, 3.63) is 35.6 Å². The number of rotatable bonds is 4. The van der Waals surface area contributed by atoms with Gasteiger partial charge in [-0.1, -0.05) is 25.1 Å². The molecule has 0 radical (unpaired) electrons. The van der Waals surface area contributed by atoms with E-state index in [1.807, 2.05) is 12.1 Å². The number of halogens is 1. The summed E-state index contributed by atoms with van der Waals surface area (Å²) in [5.74, 6) is -0.114. The molecule has 1 aliphatic heterocycles. The highest BCUT2D eigenvalue weighted by molar-refractivity contribution is 5.21. The Bertz CT molecular complexity index is 383. The number of benzene rings is 1. The fraction of sp³-hybridized carbons (Fsp3) is 0.600. The number of nitrogens with one attached hydrogen (secondary N) is 1. The Morgan fingerprint density at radius 3 is 2.89 bits per heavy atom. The molecule has 3 heteroatoms. The Hall–Kier alpha value is -0.930. The molecule has 1 N–H and O–H groups in total. The zero-order valence-corrected chi connectivity index (χ0v) is 11.2. The summed E-state index contributed by atoms with van der Waals surface area (Å²) in [6, 6.07) is 7.57. The first-order valence-corrected chi connectivity index (χ1v) is 6.82. The predicted molar refractivity (Wildman–Crippen MR) is 71.0 cm³/mol. The van der Waals surface area contributed by atoms with Crippen molar-refractivity contribution in [3.8, 4) is 0 Å². The van der Waals surface area contributed by atoms with Crippen LogP contribution in [0.4, 0.5) is 4.39 Å². The monoisotopic (exact) mass is 251 g/mol. The van der Waals surface area contributed by atoms with E-state index in [1.165, 1.54) is 6.07 Å². The summed E-state index contributed by atoms with van der Waals surface area (Å²) in [7, 11) is 0. The third kappa shape index (κ3) is 3.30. The molecule has 0 bridgehead atoms. The maximum atomic E-state index is 13.8. The lowest BCUT2D eigenvalue weighted by atomic mass is 9.98. The molecule has 2 nitrogen and oxygen atoms in total. The molecule has 2 rings (SSSR count). The van der Waals surface area contributed by atoms with Crippen molar-refractivity contribution in [2.45, 2.75) is 51.3 Å². The minimum atomic E-state index is -0.114. The second-order valence-electron chi connectivity index (χ2n) is 5.05. The highest BCUT2D eigenvalue weighted by atomic mass is 19.1. The lowest BCUT2D eigenvalue weighted by Gasteiger charge is -2.31. The van der Waals surface area contributed by atoms with E-state index < -0.39 is 0 Å². The number of hydrogen-bond donors (Lipinski definition) is 1. The van der Waals surface area contributed by atoms with Gasteiger partial charge in [0.05, 0.1) is 6.10 Å². The molecule has 3 unspecified atom stereocenters. The summed E-state index contributed by atoms with van der Waals surface area (Å²) < 4.78 is 19.3. The maximum absolute atomic E-state index is 13.8. The van der Waals surface area contributed by atoms with E-state index in [4.69, 9.17) is 4.74 Å². The molecule has 1 aliphatic rings. The van der Waals surface area contributed by atoms with Crippen LogP contribution in [0, 0.1) is 5.82 Å². The topological polar surface area (TPSA) is 21.3 Å². The molecule has 0 aromatic heterocycles. The highest BCUT2D eigenvalue weighted by Crippen LogP contribution is 2.23. The van der Waals surface area contributed by atoms with Crippen molar-refractivity contribution < 1.29 is 9.13 Å². The van der Waals surface area contributed by atoms with Crippen LogP contribution in [0.25, 0.3) is 0 Å². The van der Waals surface area contributed by atoms with Gasteiger partial charge >= 0.3 is 0 Å². The fourth-order valence-corrected chi connectivity index (χ4v) is 2.62. The van der Waals surface area contributed by atoms with Gasteiger partial charge < -0.3 is 10.1 Å². The standard InChI is InChI=1S/C15H22FNO/c1-3-15(13-6-4-5-7-14(13)16)17-12-8-9-18-11(2)10-12/h4-7,11-12,15,17H,3,8-10H2,1-2H3. The van der Waals surface area contributed by atoms with E-state index in [0.29, 0.717) is 12.1 Å². The average Bonchev–Trinajstić information content (AvgIpc) is 2.37.